The Labute approximate surface area is 192 Å². The Morgan fingerprint density at radius 2 is 1.69 bits per heavy atom. The highest BCUT2D eigenvalue weighted by molar-refractivity contribution is 6.32. The van der Waals surface area contributed by atoms with Crippen LogP contribution < -0.4 is 20.7 Å². The molecular weight excluding hydrogens is 428 g/mol. The van der Waals surface area contributed by atoms with Crippen LogP contribution in [0.2, 0.25) is 5.02 Å². The van der Waals surface area contributed by atoms with Crippen LogP contribution in [0.3, 0.4) is 0 Å². The number of carbonyl (C=O) groups is 2. The highest BCUT2D eigenvalue weighted by atomic mass is 35.5. The van der Waals surface area contributed by atoms with Gasteiger partial charge in [-0.25, -0.2) is 4.79 Å². The summed E-state index contributed by atoms with van der Waals surface area (Å²) in [6.07, 6.45) is 4.29. The first-order valence-electron chi connectivity index (χ1n) is 10.3. The van der Waals surface area contributed by atoms with Crippen LogP contribution in [0.5, 0.6) is 5.75 Å². The van der Waals surface area contributed by atoms with Gasteiger partial charge in [0.05, 0.1) is 11.6 Å². The van der Waals surface area contributed by atoms with Gasteiger partial charge < -0.3 is 20.7 Å². The fourth-order valence-electron chi connectivity index (χ4n) is 2.88. The van der Waals surface area contributed by atoms with Crippen molar-refractivity contribution in [2.24, 2.45) is 0 Å². The van der Waals surface area contributed by atoms with Gasteiger partial charge in [0.2, 0.25) is 5.91 Å². The van der Waals surface area contributed by atoms with Crippen LogP contribution in [0.25, 0.3) is 0 Å². The highest BCUT2D eigenvalue weighted by Gasteiger charge is 2.06. The van der Waals surface area contributed by atoms with Crippen molar-refractivity contribution in [3.63, 3.8) is 0 Å². The van der Waals surface area contributed by atoms with Gasteiger partial charge >= 0.3 is 6.03 Å². The molecular formula is C24H25ClN4O3. The molecule has 0 unspecified atom stereocenters. The van der Waals surface area contributed by atoms with E-state index in [4.69, 9.17) is 16.3 Å². The maximum atomic E-state index is 12.1. The molecule has 0 aliphatic rings. The van der Waals surface area contributed by atoms with E-state index in [1.54, 1.807) is 30.6 Å². The predicted molar refractivity (Wildman–Crippen MR) is 125 cm³/mol. The van der Waals surface area contributed by atoms with Gasteiger partial charge in [-0.2, -0.15) is 0 Å². The zero-order chi connectivity index (χ0) is 22.6. The molecule has 7 nitrogen and oxygen atoms in total. The Morgan fingerprint density at radius 1 is 0.906 bits per heavy atom. The van der Waals surface area contributed by atoms with Crippen LogP contribution in [0, 0.1) is 0 Å². The van der Waals surface area contributed by atoms with Crippen LogP contribution in [0.15, 0.2) is 73.1 Å². The van der Waals surface area contributed by atoms with Crippen LogP contribution in [0.4, 0.5) is 10.5 Å². The third-order valence-electron chi connectivity index (χ3n) is 4.52. The van der Waals surface area contributed by atoms with Crippen molar-refractivity contribution >= 4 is 29.2 Å². The smallest absolute Gasteiger partial charge is 0.319 e. The van der Waals surface area contributed by atoms with Crippen LogP contribution >= 0.6 is 11.6 Å². The van der Waals surface area contributed by atoms with E-state index in [1.165, 1.54) is 0 Å². The number of benzene rings is 2. The number of carbonyl (C=O) groups excluding carboxylic acids is 2. The second kappa shape index (κ2) is 12.3. The number of ether oxygens (including phenoxy) is 1. The van der Waals surface area contributed by atoms with E-state index in [9.17, 15) is 9.59 Å². The number of amides is 3. The lowest BCUT2D eigenvalue weighted by Crippen LogP contribution is -2.28. The second-order valence-electron chi connectivity index (χ2n) is 7.02. The summed E-state index contributed by atoms with van der Waals surface area (Å²) in [5, 5.41) is 9.02. The summed E-state index contributed by atoms with van der Waals surface area (Å²) in [7, 11) is 0. The molecule has 0 saturated carbocycles. The second-order valence-corrected chi connectivity index (χ2v) is 7.43. The molecule has 0 atom stereocenters. The Hall–Kier alpha value is -3.58. The van der Waals surface area contributed by atoms with Crippen LogP contribution in [-0.4, -0.2) is 23.5 Å². The SMILES string of the molecule is O=C(CCCOc1ccccc1Cl)NCc1cccc(NC(=O)NCc2ccncc2)c1. The molecule has 0 spiro atoms. The molecule has 0 fully saturated rings. The zero-order valence-electron chi connectivity index (χ0n) is 17.5. The number of hydrogen-bond acceptors (Lipinski definition) is 4. The quantitative estimate of drug-likeness (QED) is 0.394. The average Bonchev–Trinajstić information content (AvgIpc) is 2.81. The number of aromatic nitrogens is 1. The van der Waals surface area contributed by atoms with Crippen molar-refractivity contribution in [3.05, 3.63) is 89.2 Å². The first-order valence-corrected chi connectivity index (χ1v) is 10.6. The zero-order valence-corrected chi connectivity index (χ0v) is 18.3. The lowest BCUT2D eigenvalue weighted by atomic mass is 10.2. The lowest BCUT2D eigenvalue weighted by molar-refractivity contribution is -0.121. The van der Waals surface area contributed by atoms with Gasteiger partial charge in [-0.1, -0.05) is 35.9 Å². The molecule has 1 aromatic heterocycles. The van der Waals surface area contributed by atoms with Gasteiger partial charge in [-0.3, -0.25) is 9.78 Å². The number of nitrogens with zero attached hydrogens (tertiary/aromatic N) is 1. The molecule has 3 aromatic rings. The molecule has 2 aromatic carbocycles. The topological polar surface area (TPSA) is 92.4 Å². The molecule has 3 amide bonds. The van der Waals surface area contributed by atoms with Gasteiger partial charge in [0.15, 0.2) is 0 Å². The van der Waals surface area contributed by atoms with E-state index in [2.05, 4.69) is 20.9 Å². The number of pyridine rings is 1. The molecule has 1 heterocycles. The minimum absolute atomic E-state index is 0.0683. The monoisotopic (exact) mass is 452 g/mol. The summed E-state index contributed by atoms with van der Waals surface area (Å²) in [4.78, 5) is 28.2. The summed E-state index contributed by atoms with van der Waals surface area (Å²) in [5.74, 6) is 0.546. The largest absolute Gasteiger partial charge is 0.492 e. The first-order chi connectivity index (χ1) is 15.6. The van der Waals surface area contributed by atoms with Gasteiger partial charge in [-0.15, -0.1) is 0 Å². The van der Waals surface area contributed by atoms with E-state index < -0.39 is 0 Å². The van der Waals surface area contributed by atoms with Crippen LogP contribution in [-0.2, 0) is 17.9 Å². The van der Waals surface area contributed by atoms with E-state index in [0.29, 0.717) is 49.0 Å². The van der Waals surface area contributed by atoms with Crippen molar-refractivity contribution in [3.8, 4) is 5.75 Å². The normalized spacial score (nSPS) is 10.3. The minimum atomic E-state index is -0.304. The fraction of sp³-hybridized carbons (Fsp3) is 0.208. The Bertz CT molecular complexity index is 1030. The van der Waals surface area contributed by atoms with Crippen molar-refractivity contribution in [1.82, 2.24) is 15.6 Å². The van der Waals surface area contributed by atoms with Crippen molar-refractivity contribution in [2.45, 2.75) is 25.9 Å². The van der Waals surface area contributed by atoms with Crippen molar-refractivity contribution < 1.29 is 14.3 Å². The maximum Gasteiger partial charge on any atom is 0.319 e. The van der Waals surface area contributed by atoms with Gasteiger partial charge in [-0.05, 0) is 53.9 Å². The Balaban J connectivity index is 1.36. The van der Waals surface area contributed by atoms with Crippen LogP contribution in [0.1, 0.15) is 24.0 Å². The molecule has 0 saturated heterocycles. The number of halogens is 1. The molecule has 0 bridgehead atoms. The third-order valence-corrected chi connectivity index (χ3v) is 4.83. The molecule has 8 heteroatoms. The number of rotatable bonds is 10. The van der Waals surface area contributed by atoms with E-state index in [0.717, 1.165) is 11.1 Å². The molecule has 166 valence electrons. The number of hydrogen-bond donors (Lipinski definition) is 3. The summed E-state index contributed by atoms with van der Waals surface area (Å²) in [6.45, 7) is 1.19. The standard InChI is InChI=1S/C24H25ClN4O3/c25-21-7-1-2-8-22(21)32-14-4-9-23(30)27-17-19-5-3-6-20(15-19)29-24(31)28-16-18-10-12-26-13-11-18/h1-3,5-8,10-13,15H,4,9,14,16-17H2,(H,27,30)(H2,28,29,31). The van der Waals surface area contributed by atoms with Crippen molar-refractivity contribution in [2.75, 3.05) is 11.9 Å². The van der Waals surface area contributed by atoms with Gasteiger partial charge in [0.1, 0.15) is 5.75 Å². The molecule has 0 aliphatic heterocycles. The molecule has 3 rings (SSSR count). The highest BCUT2D eigenvalue weighted by Crippen LogP contribution is 2.23. The summed E-state index contributed by atoms with van der Waals surface area (Å²) >= 11 is 6.04. The lowest BCUT2D eigenvalue weighted by Gasteiger charge is -2.10. The average molecular weight is 453 g/mol. The molecule has 3 N–H and O–H groups in total. The minimum Gasteiger partial charge on any atom is -0.492 e. The van der Waals surface area contributed by atoms with Gasteiger partial charge in [0.25, 0.3) is 0 Å². The number of urea groups is 1. The van der Waals surface area contributed by atoms with E-state index in [1.807, 2.05) is 42.5 Å². The van der Waals surface area contributed by atoms with Gasteiger partial charge in [0, 0.05) is 37.6 Å². The van der Waals surface area contributed by atoms with E-state index in [-0.39, 0.29) is 11.9 Å². The summed E-state index contributed by atoms with van der Waals surface area (Å²) in [6, 6.07) is 18.0. The predicted octanol–water partition coefficient (Wildman–Crippen LogP) is 4.53. The maximum absolute atomic E-state index is 12.1. The summed E-state index contributed by atoms with van der Waals surface area (Å²) < 4.78 is 5.59. The first kappa shape index (κ1) is 23.1. The molecule has 0 radical (unpaired) electrons. The fourth-order valence-corrected chi connectivity index (χ4v) is 3.07. The van der Waals surface area contributed by atoms with Crippen molar-refractivity contribution in [1.29, 1.82) is 0 Å². The number of para-hydroxylation sites is 1. The Kier molecular flexibility index (Phi) is 8.89. The molecule has 32 heavy (non-hydrogen) atoms. The number of nitrogens with one attached hydrogen (secondary N) is 3. The van der Waals surface area contributed by atoms with E-state index >= 15 is 0 Å². The summed E-state index contributed by atoms with van der Waals surface area (Å²) in [5.41, 5.74) is 2.50. The third kappa shape index (κ3) is 7.92. The molecule has 0 aliphatic carbocycles. The Morgan fingerprint density at radius 3 is 2.50 bits per heavy atom. The number of anilines is 1.